The molecule has 11 nitrogen and oxygen atoms in total. The number of hydrogen-bond donors (Lipinski definition) is 3. The molecular weight excluding hydrogens is 474 g/mol. The van der Waals surface area contributed by atoms with Crippen molar-refractivity contribution in [3.63, 3.8) is 0 Å². The molecule has 7 rings (SSSR count). The molecule has 0 saturated heterocycles. The van der Waals surface area contributed by atoms with Crippen LogP contribution in [0.4, 0.5) is 17.3 Å². The van der Waals surface area contributed by atoms with Gasteiger partial charge in [0.25, 0.3) is 0 Å². The zero-order valence-corrected chi connectivity index (χ0v) is 19.9. The van der Waals surface area contributed by atoms with Crippen molar-refractivity contribution >= 4 is 34.1 Å². The van der Waals surface area contributed by atoms with Crippen LogP contribution in [0.25, 0.3) is 22.4 Å². The normalized spacial score (nSPS) is 19.6. The number of anilines is 3. The van der Waals surface area contributed by atoms with E-state index in [2.05, 4.69) is 41.8 Å². The van der Waals surface area contributed by atoms with Gasteiger partial charge in [-0.1, -0.05) is 6.07 Å². The van der Waals surface area contributed by atoms with Gasteiger partial charge in [-0.25, -0.2) is 15.0 Å². The van der Waals surface area contributed by atoms with Gasteiger partial charge in [-0.05, 0) is 47.9 Å². The number of oxazole rings is 1. The van der Waals surface area contributed by atoms with Gasteiger partial charge in [-0.2, -0.15) is 5.10 Å². The lowest BCUT2D eigenvalue weighted by molar-refractivity contribution is -0.118. The SMILES string of the molecule is COc1ccc2c(c1)[C@]1(C[C@H]1c1ccc3c(Nc4nc(-c5cocn5)ncc4OC)n[nH]c3c1)C(=O)N2. The number of H-pyrrole nitrogens is 1. The van der Waals surface area contributed by atoms with E-state index >= 15 is 0 Å². The van der Waals surface area contributed by atoms with Crippen molar-refractivity contribution in [1.29, 1.82) is 0 Å². The minimum absolute atomic E-state index is 0.0339. The lowest BCUT2D eigenvalue weighted by atomic mass is 9.91. The highest BCUT2D eigenvalue weighted by molar-refractivity contribution is 6.10. The molecule has 3 aromatic heterocycles. The first-order valence-electron chi connectivity index (χ1n) is 11.7. The Balaban J connectivity index is 1.20. The number of nitrogens with zero attached hydrogens (tertiary/aromatic N) is 4. The van der Waals surface area contributed by atoms with Crippen molar-refractivity contribution in [3.8, 4) is 23.0 Å². The van der Waals surface area contributed by atoms with Crippen molar-refractivity contribution in [3.05, 3.63) is 66.4 Å². The van der Waals surface area contributed by atoms with Crippen LogP contribution in [-0.2, 0) is 10.2 Å². The Hall–Kier alpha value is -4.93. The second-order valence-electron chi connectivity index (χ2n) is 9.08. The number of hydrogen-bond acceptors (Lipinski definition) is 9. The molecule has 2 aromatic carbocycles. The van der Waals surface area contributed by atoms with Crippen molar-refractivity contribution in [1.82, 2.24) is 25.1 Å². The average Bonchev–Trinajstić information content (AvgIpc) is 3.20. The predicted molar refractivity (Wildman–Crippen MR) is 134 cm³/mol. The molecular formula is C26H21N7O4. The summed E-state index contributed by atoms with van der Waals surface area (Å²) in [6, 6.07) is 11.8. The van der Waals surface area contributed by atoms with Gasteiger partial charge >= 0.3 is 0 Å². The average molecular weight is 495 g/mol. The van der Waals surface area contributed by atoms with Crippen LogP contribution in [0.1, 0.15) is 23.5 Å². The van der Waals surface area contributed by atoms with E-state index in [1.165, 1.54) is 12.7 Å². The standard InChI is InChI=1S/C26H21N7O4/c1-35-14-4-6-18-16(8-14)26(25(34)29-18)9-17(26)13-3-5-15-19(7-13)32-33-22(15)30-24-21(36-2)10-27-23(31-24)20-11-37-12-28-20/h3-8,10-12,17H,9H2,1-2H3,(H,29,34)(H2,27,30,31,32,33)/t17-,26-/m0/s1. The predicted octanol–water partition coefficient (Wildman–Crippen LogP) is 4.15. The van der Waals surface area contributed by atoms with Crippen LogP contribution in [-0.4, -0.2) is 45.3 Å². The number of nitrogens with one attached hydrogen (secondary N) is 3. The number of aromatic amines is 1. The van der Waals surface area contributed by atoms with Gasteiger partial charge < -0.3 is 24.5 Å². The molecule has 5 aromatic rings. The molecule has 1 aliphatic carbocycles. The molecule has 2 atom stereocenters. The van der Waals surface area contributed by atoms with E-state index in [1.807, 2.05) is 30.3 Å². The van der Waals surface area contributed by atoms with Crippen LogP contribution in [0.3, 0.4) is 0 Å². The number of carbonyl (C=O) groups excluding carboxylic acids is 1. The number of methoxy groups -OCH3 is 2. The molecule has 2 aliphatic rings. The van der Waals surface area contributed by atoms with Crippen molar-refractivity contribution in [2.75, 3.05) is 24.9 Å². The zero-order valence-electron chi connectivity index (χ0n) is 19.9. The fourth-order valence-corrected chi connectivity index (χ4v) is 5.22. The molecule has 1 aliphatic heterocycles. The van der Waals surface area contributed by atoms with E-state index in [9.17, 15) is 4.79 Å². The molecule has 0 radical (unpaired) electrons. The second kappa shape index (κ2) is 7.79. The highest BCUT2D eigenvalue weighted by Gasteiger charge is 2.65. The molecule has 1 saturated carbocycles. The van der Waals surface area contributed by atoms with Gasteiger partial charge in [-0.15, -0.1) is 0 Å². The third-order valence-corrected chi connectivity index (χ3v) is 7.18. The maximum Gasteiger partial charge on any atom is 0.235 e. The summed E-state index contributed by atoms with van der Waals surface area (Å²) in [6.07, 6.45) is 5.11. The van der Waals surface area contributed by atoms with Crippen LogP contribution < -0.4 is 20.1 Å². The highest BCUT2D eigenvalue weighted by Crippen LogP contribution is 2.65. The second-order valence-corrected chi connectivity index (χ2v) is 9.08. The zero-order chi connectivity index (χ0) is 25.1. The van der Waals surface area contributed by atoms with Gasteiger partial charge in [0.2, 0.25) is 5.91 Å². The summed E-state index contributed by atoms with van der Waals surface area (Å²) in [7, 11) is 3.18. The Labute approximate surface area is 210 Å². The smallest absolute Gasteiger partial charge is 0.235 e. The third-order valence-electron chi connectivity index (χ3n) is 7.18. The van der Waals surface area contributed by atoms with E-state index in [0.717, 1.165) is 39.9 Å². The Bertz CT molecular complexity index is 1680. The molecule has 11 heteroatoms. The van der Waals surface area contributed by atoms with Crippen LogP contribution in [0.15, 0.2) is 59.7 Å². The molecule has 4 heterocycles. The van der Waals surface area contributed by atoms with E-state index in [1.54, 1.807) is 20.4 Å². The third kappa shape index (κ3) is 3.17. The summed E-state index contributed by atoms with van der Waals surface area (Å²) in [6.45, 7) is 0. The summed E-state index contributed by atoms with van der Waals surface area (Å²) in [5.74, 6) is 2.73. The quantitative estimate of drug-likeness (QED) is 0.317. The van der Waals surface area contributed by atoms with Crippen LogP contribution >= 0.6 is 0 Å². The highest BCUT2D eigenvalue weighted by atomic mass is 16.5. The van der Waals surface area contributed by atoms with Gasteiger partial charge in [0.05, 0.1) is 31.3 Å². The Kier molecular flexibility index (Phi) is 4.49. The summed E-state index contributed by atoms with van der Waals surface area (Å²) in [5.41, 5.74) is 3.71. The molecule has 37 heavy (non-hydrogen) atoms. The number of amides is 1. The first-order chi connectivity index (χ1) is 18.1. The summed E-state index contributed by atoms with van der Waals surface area (Å²) >= 11 is 0. The molecule has 0 bridgehead atoms. The number of rotatable bonds is 6. The summed E-state index contributed by atoms with van der Waals surface area (Å²) < 4.78 is 15.9. The van der Waals surface area contributed by atoms with Crippen LogP contribution in [0.5, 0.6) is 11.5 Å². The topological polar surface area (TPSA) is 140 Å². The van der Waals surface area contributed by atoms with Crippen molar-refractivity contribution in [2.24, 2.45) is 0 Å². The number of benzene rings is 2. The van der Waals surface area contributed by atoms with Gasteiger partial charge in [0, 0.05) is 17.0 Å². The first-order valence-corrected chi connectivity index (χ1v) is 11.7. The number of aromatic nitrogens is 5. The molecule has 0 unspecified atom stereocenters. The molecule has 1 spiro atoms. The fourth-order valence-electron chi connectivity index (χ4n) is 5.22. The van der Waals surface area contributed by atoms with Crippen molar-refractivity contribution in [2.45, 2.75) is 17.8 Å². The molecule has 1 amide bonds. The monoisotopic (exact) mass is 495 g/mol. The van der Waals surface area contributed by atoms with E-state index < -0.39 is 5.41 Å². The summed E-state index contributed by atoms with van der Waals surface area (Å²) in [4.78, 5) is 26.0. The fraction of sp³-hybridized carbons (Fsp3) is 0.192. The number of ether oxygens (including phenoxy) is 2. The Morgan fingerprint density at radius 2 is 2.03 bits per heavy atom. The van der Waals surface area contributed by atoms with Crippen LogP contribution in [0, 0.1) is 0 Å². The lowest BCUT2D eigenvalue weighted by Crippen LogP contribution is -2.21. The molecule has 3 N–H and O–H groups in total. The Morgan fingerprint density at radius 3 is 2.84 bits per heavy atom. The number of carbonyl (C=O) groups is 1. The van der Waals surface area contributed by atoms with Gasteiger partial charge in [0.1, 0.15) is 17.7 Å². The van der Waals surface area contributed by atoms with E-state index in [0.29, 0.717) is 28.9 Å². The van der Waals surface area contributed by atoms with Crippen molar-refractivity contribution < 1.29 is 18.7 Å². The minimum Gasteiger partial charge on any atom is -0.497 e. The summed E-state index contributed by atoms with van der Waals surface area (Å²) in [5, 5.41) is 14.7. The maximum atomic E-state index is 13.0. The van der Waals surface area contributed by atoms with E-state index in [-0.39, 0.29) is 11.8 Å². The van der Waals surface area contributed by atoms with Gasteiger partial charge in [-0.3, -0.25) is 9.89 Å². The molecule has 1 fully saturated rings. The maximum absolute atomic E-state index is 13.0. The molecule has 184 valence electrons. The van der Waals surface area contributed by atoms with E-state index in [4.69, 9.17) is 13.9 Å². The van der Waals surface area contributed by atoms with Crippen LogP contribution in [0.2, 0.25) is 0 Å². The number of fused-ring (bicyclic) bond motifs is 3. The Morgan fingerprint density at radius 1 is 1.11 bits per heavy atom. The van der Waals surface area contributed by atoms with Gasteiger partial charge in [0.15, 0.2) is 29.6 Å². The first kappa shape index (κ1) is 21.4. The minimum atomic E-state index is -0.565. The lowest BCUT2D eigenvalue weighted by Gasteiger charge is -2.11. The largest absolute Gasteiger partial charge is 0.497 e.